The number of fused-ring (bicyclic) bond motifs is 1. The minimum Gasteiger partial charge on any atom is -0.337 e. The fraction of sp³-hybridized carbons (Fsp3) is 0.318. The van der Waals surface area contributed by atoms with Crippen molar-refractivity contribution in [2.45, 2.75) is 19.3 Å². The summed E-state index contributed by atoms with van der Waals surface area (Å²) in [6.45, 7) is 1.47. The molecule has 1 aliphatic heterocycles. The highest BCUT2D eigenvalue weighted by Gasteiger charge is 2.27. The van der Waals surface area contributed by atoms with E-state index in [9.17, 15) is 4.79 Å². The maximum atomic E-state index is 13.1. The molecule has 4 aromatic rings. The first-order valence-electron chi connectivity index (χ1n) is 10.2. The van der Waals surface area contributed by atoms with Crippen LogP contribution >= 0.6 is 0 Å². The van der Waals surface area contributed by atoms with Gasteiger partial charge in [0.2, 0.25) is 0 Å². The largest absolute Gasteiger partial charge is 0.337 e. The van der Waals surface area contributed by atoms with Crippen molar-refractivity contribution in [3.05, 3.63) is 60.4 Å². The molecule has 1 saturated heterocycles. The predicted octanol–water partition coefficient (Wildman–Crippen LogP) is 2.85. The van der Waals surface area contributed by atoms with Crippen LogP contribution in [0.4, 0.5) is 0 Å². The van der Waals surface area contributed by atoms with Gasteiger partial charge < -0.3 is 9.47 Å². The standard InChI is InChI=1S/C22H23N7O/c1-28-10-8-23-21(28)19-12-16(24-14-25-19)11-15-5-4-9-29(13-15)22(30)20-17-6-2-3-7-18(17)26-27-20/h2-3,6-8,10,12,14-15H,4-5,9,11,13H2,1H3,(H,26,27)/t15-/m0/s1. The molecule has 0 unspecified atom stereocenters. The molecule has 1 fully saturated rings. The van der Waals surface area contributed by atoms with Crippen molar-refractivity contribution < 1.29 is 4.79 Å². The summed E-state index contributed by atoms with van der Waals surface area (Å²) in [5.41, 5.74) is 3.19. The highest BCUT2D eigenvalue weighted by atomic mass is 16.2. The molecular weight excluding hydrogens is 378 g/mol. The normalized spacial score (nSPS) is 16.8. The lowest BCUT2D eigenvalue weighted by Gasteiger charge is -2.32. The number of amides is 1. The van der Waals surface area contributed by atoms with Crippen LogP contribution in [0.5, 0.6) is 0 Å². The molecule has 1 aromatic carbocycles. The van der Waals surface area contributed by atoms with Crippen LogP contribution in [-0.2, 0) is 13.5 Å². The number of hydrogen-bond donors (Lipinski definition) is 1. The number of piperidine rings is 1. The van der Waals surface area contributed by atoms with Crippen LogP contribution in [0, 0.1) is 5.92 Å². The Morgan fingerprint density at radius 1 is 1.23 bits per heavy atom. The van der Waals surface area contributed by atoms with Crippen molar-refractivity contribution in [3.63, 3.8) is 0 Å². The molecule has 5 rings (SSSR count). The lowest BCUT2D eigenvalue weighted by atomic mass is 9.92. The lowest BCUT2D eigenvalue weighted by molar-refractivity contribution is 0.0668. The molecular formula is C22H23N7O. The van der Waals surface area contributed by atoms with Gasteiger partial charge >= 0.3 is 0 Å². The third-order valence-corrected chi connectivity index (χ3v) is 5.75. The van der Waals surface area contributed by atoms with E-state index in [4.69, 9.17) is 0 Å². The van der Waals surface area contributed by atoms with Gasteiger partial charge in [0, 0.05) is 43.6 Å². The Morgan fingerprint density at radius 2 is 2.13 bits per heavy atom. The summed E-state index contributed by atoms with van der Waals surface area (Å²) in [5.74, 6) is 1.18. The van der Waals surface area contributed by atoms with Crippen molar-refractivity contribution in [3.8, 4) is 11.5 Å². The molecule has 152 valence electrons. The summed E-state index contributed by atoms with van der Waals surface area (Å²) in [6.07, 6.45) is 8.13. The van der Waals surface area contributed by atoms with E-state index in [0.29, 0.717) is 18.2 Å². The highest BCUT2D eigenvalue weighted by Crippen LogP contribution is 2.24. The number of aromatic amines is 1. The number of aromatic nitrogens is 6. The zero-order chi connectivity index (χ0) is 20.5. The first-order valence-corrected chi connectivity index (χ1v) is 10.2. The smallest absolute Gasteiger partial charge is 0.275 e. The van der Waals surface area contributed by atoms with E-state index in [-0.39, 0.29) is 5.91 Å². The Labute approximate surface area is 174 Å². The first-order chi connectivity index (χ1) is 14.7. The number of hydrogen-bond acceptors (Lipinski definition) is 5. The molecule has 0 saturated carbocycles. The van der Waals surface area contributed by atoms with Crippen LogP contribution < -0.4 is 0 Å². The van der Waals surface area contributed by atoms with Crippen molar-refractivity contribution in [2.24, 2.45) is 13.0 Å². The average Bonchev–Trinajstić information content (AvgIpc) is 3.40. The first kappa shape index (κ1) is 18.5. The van der Waals surface area contributed by atoms with Gasteiger partial charge in [-0.15, -0.1) is 0 Å². The van der Waals surface area contributed by atoms with E-state index in [2.05, 4.69) is 25.1 Å². The molecule has 30 heavy (non-hydrogen) atoms. The van der Waals surface area contributed by atoms with Gasteiger partial charge in [0.25, 0.3) is 5.91 Å². The molecule has 0 radical (unpaired) electrons. The fourth-order valence-electron chi connectivity index (χ4n) is 4.23. The predicted molar refractivity (Wildman–Crippen MR) is 113 cm³/mol. The van der Waals surface area contributed by atoms with E-state index < -0.39 is 0 Å². The van der Waals surface area contributed by atoms with Crippen LogP contribution in [0.25, 0.3) is 22.4 Å². The van der Waals surface area contributed by atoms with Crippen LogP contribution in [0.1, 0.15) is 29.0 Å². The topological polar surface area (TPSA) is 92.6 Å². The lowest BCUT2D eigenvalue weighted by Crippen LogP contribution is -2.40. The minimum absolute atomic E-state index is 0.00598. The van der Waals surface area contributed by atoms with Crippen molar-refractivity contribution >= 4 is 16.8 Å². The number of aryl methyl sites for hydroxylation is 1. The number of H-pyrrole nitrogens is 1. The number of para-hydroxylation sites is 1. The van der Waals surface area contributed by atoms with Gasteiger partial charge in [0.15, 0.2) is 11.5 Å². The Hall–Kier alpha value is -3.55. The van der Waals surface area contributed by atoms with Crippen LogP contribution in [0.2, 0.25) is 0 Å². The van der Waals surface area contributed by atoms with Gasteiger partial charge in [-0.3, -0.25) is 9.89 Å². The number of nitrogens with zero attached hydrogens (tertiary/aromatic N) is 6. The quantitative estimate of drug-likeness (QED) is 0.568. The van der Waals surface area contributed by atoms with E-state index in [1.54, 1.807) is 12.5 Å². The van der Waals surface area contributed by atoms with Crippen LogP contribution in [0.3, 0.4) is 0 Å². The number of benzene rings is 1. The molecule has 1 aliphatic rings. The fourth-order valence-corrected chi connectivity index (χ4v) is 4.23. The van der Waals surface area contributed by atoms with Gasteiger partial charge in [-0.2, -0.15) is 5.10 Å². The summed E-state index contributed by atoms with van der Waals surface area (Å²) >= 11 is 0. The van der Waals surface area contributed by atoms with E-state index in [0.717, 1.165) is 53.9 Å². The second-order valence-electron chi connectivity index (χ2n) is 7.84. The van der Waals surface area contributed by atoms with Crippen molar-refractivity contribution in [2.75, 3.05) is 13.1 Å². The van der Waals surface area contributed by atoms with Gasteiger partial charge in [-0.25, -0.2) is 15.0 Å². The van der Waals surface area contributed by atoms with E-state index in [1.165, 1.54) is 0 Å². The third kappa shape index (κ3) is 3.45. The molecule has 0 aliphatic carbocycles. The Balaban J connectivity index is 1.31. The molecule has 3 aromatic heterocycles. The van der Waals surface area contributed by atoms with Crippen LogP contribution in [-0.4, -0.2) is 53.6 Å². The van der Waals surface area contributed by atoms with Gasteiger partial charge in [-0.1, -0.05) is 18.2 Å². The summed E-state index contributed by atoms with van der Waals surface area (Å²) < 4.78 is 1.95. The third-order valence-electron chi connectivity index (χ3n) is 5.75. The Morgan fingerprint density at radius 3 is 3.00 bits per heavy atom. The van der Waals surface area contributed by atoms with Crippen molar-refractivity contribution in [1.29, 1.82) is 0 Å². The SMILES string of the molecule is Cn1ccnc1-c1cc(C[C@@H]2CCCN(C(=O)c3n[nH]c4ccccc34)C2)ncn1. The number of imidazole rings is 1. The van der Waals surface area contributed by atoms with Crippen LogP contribution in [0.15, 0.2) is 49.1 Å². The van der Waals surface area contributed by atoms with E-state index >= 15 is 0 Å². The van der Waals surface area contributed by atoms with Gasteiger partial charge in [0.1, 0.15) is 12.0 Å². The number of rotatable bonds is 4. The molecule has 0 spiro atoms. The number of carbonyl (C=O) groups excluding carboxylic acids is 1. The zero-order valence-corrected chi connectivity index (χ0v) is 16.8. The Kier molecular flexibility index (Phi) is 4.74. The second kappa shape index (κ2) is 7.70. The highest BCUT2D eigenvalue weighted by molar-refractivity contribution is 6.04. The summed E-state index contributed by atoms with van der Waals surface area (Å²) in [5, 5.41) is 8.12. The molecule has 1 atom stereocenters. The summed E-state index contributed by atoms with van der Waals surface area (Å²) in [7, 11) is 1.95. The maximum absolute atomic E-state index is 13.1. The summed E-state index contributed by atoms with van der Waals surface area (Å²) in [6, 6.07) is 9.75. The monoisotopic (exact) mass is 401 g/mol. The number of likely N-dealkylation sites (tertiary alicyclic amines) is 1. The van der Waals surface area contributed by atoms with Crippen molar-refractivity contribution in [1.82, 2.24) is 34.6 Å². The molecule has 1 N–H and O–H groups in total. The minimum atomic E-state index is -0.00598. The zero-order valence-electron chi connectivity index (χ0n) is 16.8. The van der Waals surface area contributed by atoms with Gasteiger partial charge in [-0.05, 0) is 37.3 Å². The number of nitrogens with one attached hydrogen (secondary N) is 1. The molecule has 8 nitrogen and oxygen atoms in total. The van der Waals surface area contributed by atoms with E-state index in [1.807, 2.05) is 53.0 Å². The number of carbonyl (C=O) groups is 1. The molecule has 8 heteroatoms. The Bertz CT molecular complexity index is 1190. The molecule has 4 heterocycles. The average molecular weight is 401 g/mol. The molecule has 1 amide bonds. The van der Waals surface area contributed by atoms with Gasteiger partial charge in [0.05, 0.1) is 5.52 Å². The maximum Gasteiger partial charge on any atom is 0.275 e. The molecule has 0 bridgehead atoms. The second-order valence-corrected chi connectivity index (χ2v) is 7.84. The summed E-state index contributed by atoms with van der Waals surface area (Å²) in [4.78, 5) is 28.3.